The molecular formula is C12H10N6O2. The highest BCUT2D eigenvalue weighted by Gasteiger charge is 2.06. The molecule has 0 atom stereocenters. The molecule has 0 fully saturated rings. The largest absolute Gasteiger partial charge is 0.349 e. The van der Waals surface area contributed by atoms with Crippen LogP contribution in [0.1, 0.15) is 5.56 Å². The number of H-pyrrole nitrogens is 2. The minimum atomic E-state index is -0.628. The first-order valence-electron chi connectivity index (χ1n) is 5.87. The highest BCUT2D eigenvalue weighted by atomic mass is 16.2. The predicted octanol–water partition coefficient (Wildman–Crippen LogP) is 0.0135. The van der Waals surface area contributed by atoms with Crippen molar-refractivity contribution in [2.45, 2.75) is 6.54 Å². The predicted molar refractivity (Wildman–Crippen MR) is 72.3 cm³/mol. The second kappa shape index (κ2) is 4.92. The Morgan fingerprint density at radius 1 is 1.05 bits per heavy atom. The lowest BCUT2D eigenvalue weighted by Crippen LogP contribution is -2.24. The Bertz CT molecular complexity index is 855. The van der Waals surface area contributed by atoms with Gasteiger partial charge >= 0.3 is 5.69 Å². The fourth-order valence-corrected chi connectivity index (χ4v) is 1.72. The summed E-state index contributed by atoms with van der Waals surface area (Å²) < 4.78 is 0. The van der Waals surface area contributed by atoms with Crippen molar-refractivity contribution in [2.75, 3.05) is 5.32 Å². The van der Waals surface area contributed by atoms with Gasteiger partial charge in [0, 0.05) is 6.54 Å². The van der Waals surface area contributed by atoms with Crippen LogP contribution in [-0.4, -0.2) is 25.1 Å². The molecule has 0 spiro atoms. The van der Waals surface area contributed by atoms with Gasteiger partial charge < -0.3 is 5.32 Å². The van der Waals surface area contributed by atoms with Crippen molar-refractivity contribution in [3.8, 4) is 0 Å². The maximum atomic E-state index is 11.5. The molecule has 0 amide bonds. The molecule has 3 rings (SSSR count). The molecule has 0 bridgehead atoms. The van der Waals surface area contributed by atoms with Gasteiger partial charge in [-0.25, -0.2) is 4.79 Å². The van der Waals surface area contributed by atoms with Gasteiger partial charge in [-0.05, 0) is 5.56 Å². The normalized spacial score (nSPS) is 10.6. The standard InChI is InChI=1S/C12H10N6O2/c19-10-8-9(15-12(20)16-10)14-11(18-17-8)13-6-7-4-2-1-3-5-7/h1-5H,6H2,(H3,13,14,15,16,18,19,20). The first-order valence-corrected chi connectivity index (χ1v) is 5.87. The van der Waals surface area contributed by atoms with Crippen molar-refractivity contribution in [1.82, 2.24) is 25.1 Å². The number of benzene rings is 1. The van der Waals surface area contributed by atoms with Crippen molar-refractivity contribution in [1.29, 1.82) is 0 Å². The van der Waals surface area contributed by atoms with Gasteiger partial charge in [0.25, 0.3) is 5.56 Å². The average molecular weight is 270 g/mol. The van der Waals surface area contributed by atoms with E-state index in [2.05, 4.69) is 30.5 Å². The molecule has 3 N–H and O–H groups in total. The van der Waals surface area contributed by atoms with Gasteiger partial charge in [-0.2, -0.15) is 4.98 Å². The smallest absolute Gasteiger partial charge is 0.327 e. The van der Waals surface area contributed by atoms with Crippen molar-refractivity contribution in [3.05, 3.63) is 56.7 Å². The summed E-state index contributed by atoms with van der Waals surface area (Å²) in [7, 11) is 0. The Hall–Kier alpha value is -3.03. The lowest BCUT2D eigenvalue weighted by molar-refractivity contribution is 0.947. The quantitative estimate of drug-likeness (QED) is 0.617. The first-order chi connectivity index (χ1) is 9.72. The molecule has 8 nitrogen and oxygen atoms in total. The summed E-state index contributed by atoms with van der Waals surface area (Å²) in [6.45, 7) is 0.515. The number of aromatic nitrogens is 5. The van der Waals surface area contributed by atoms with E-state index in [-0.39, 0.29) is 17.1 Å². The molecule has 1 aromatic carbocycles. The van der Waals surface area contributed by atoms with Gasteiger partial charge in [0.05, 0.1) is 0 Å². The maximum absolute atomic E-state index is 11.5. The Kier molecular flexibility index (Phi) is 2.96. The molecule has 8 heteroatoms. The van der Waals surface area contributed by atoms with E-state index in [1.807, 2.05) is 30.3 Å². The van der Waals surface area contributed by atoms with Crippen LogP contribution in [0.5, 0.6) is 0 Å². The summed E-state index contributed by atoms with van der Waals surface area (Å²) in [4.78, 5) is 31.1. The highest BCUT2D eigenvalue weighted by Crippen LogP contribution is 2.04. The van der Waals surface area contributed by atoms with Crippen LogP contribution in [0.25, 0.3) is 11.2 Å². The molecule has 0 saturated carbocycles. The zero-order valence-electron chi connectivity index (χ0n) is 10.3. The van der Waals surface area contributed by atoms with Crippen LogP contribution < -0.4 is 16.6 Å². The van der Waals surface area contributed by atoms with Gasteiger partial charge in [-0.15, -0.1) is 10.2 Å². The number of rotatable bonds is 3. The molecule has 20 heavy (non-hydrogen) atoms. The molecular weight excluding hydrogens is 260 g/mol. The van der Waals surface area contributed by atoms with E-state index in [1.165, 1.54) is 0 Å². The van der Waals surface area contributed by atoms with E-state index in [4.69, 9.17) is 0 Å². The first kappa shape index (κ1) is 12.0. The van der Waals surface area contributed by atoms with Crippen LogP contribution in [-0.2, 0) is 6.54 Å². The topological polar surface area (TPSA) is 116 Å². The Balaban J connectivity index is 1.90. The zero-order valence-corrected chi connectivity index (χ0v) is 10.3. The number of aromatic amines is 2. The van der Waals surface area contributed by atoms with Gasteiger partial charge in [-0.3, -0.25) is 14.8 Å². The second-order valence-corrected chi connectivity index (χ2v) is 4.08. The Morgan fingerprint density at radius 2 is 1.85 bits per heavy atom. The average Bonchev–Trinajstić information content (AvgIpc) is 2.45. The van der Waals surface area contributed by atoms with E-state index in [0.29, 0.717) is 6.54 Å². The highest BCUT2D eigenvalue weighted by molar-refractivity contribution is 5.67. The van der Waals surface area contributed by atoms with Crippen molar-refractivity contribution >= 4 is 17.1 Å². The monoisotopic (exact) mass is 270 g/mol. The molecule has 2 aromatic heterocycles. The molecule has 100 valence electrons. The van der Waals surface area contributed by atoms with Crippen LogP contribution in [0.4, 0.5) is 5.95 Å². The molecule has 0 aliphatic rings. The van der Waals surface area contributed by atoms with Crippen molar-refractivity contribution in [2.24, 2.45) is 0 Å². The minimum Gasteiger partial charge on any atom is -0.349 e. The summed E-state index contributed by atoms with van der Waals surface area (Å²) in [6, 6.07) is 9.68. The van der Waals surface area contributed by atoms with Crippen LogP contribution in [0.2, 0.25) is 0 Å². The molecule has 0 saturated heterocycles. The Morgan fingerprint density at radius 3 is 2.65 bits per heavy atom. The number of nitrogens with one attached hydrogen (secondary N) is 3. The number of anilines is 1. The van der Waals surface area contributed by atoms with Gasteiger partial charge in [0.1, 0.15) is 0 Å². The summed E-state index contributed by atoms with van der Waals surface area (Å²) in [6.07, 6.45) is 0. The minimum absolute atomic E-state index is 0.00476. The number of fused-ring (bicyclic) bond motifs is 1. The van der Waals surface area contributed by atoms with Crippen LogP contribution in [0.15, 0.2) is 39.9 Å². The van der Waals surface area contributed by atoms with E-state index >= 15 is 0 Å². The number of nitrogens with zero attached hydrogens (tertiary/aromatic N) is 3. The van der Waals surface area contributed by atoms with E-state index in [0.717, 1.165) is 5.56 Å². The fourth-order valence-electron chi connectivity index (χ4n) is 1.72. The molecule has 0 radical (unpaired) electrons. The summed E-state index contributed by atoms with van der Waals surface area (Å²) in [5.41, 5.74) is -0.0925. The van der Waals surface area contributed by atoms with E-state index < -0.39 is 11.2 Å². The second-order valence-electron chi connectivity index (χ2n) is 4.08. The van der Waals surface area contributed by atoms with E-state index in [1.54, 1.807) is 0 Å². The van der Waals surface area contributed by atoms with Gasteiger partial charge in [-0.1, -0.05) is 30.3 Å². The molecule has 3 aromatic rings. The molecule has 2 heterocycles. The molecule has 0 aliphatic heterocycles. The van der Waals surface area contributed by atoms with Crippen molar-refractivity contribution in [3.63, 3.8) is 0 Å². The summed E-state index contributed by atoms with van der Waals surface area (Å²) >= 11 is 0. The van der Waals surface area contributed by atoms with Crippen molar-refractivity contribution < 1.29 is 0 Å². The SMILES string of the molecule is O=c1[nH]c(=O)c2nnc(NCc3ccccc3)nc2[nH]1. The lowest BCUT2D eigenvalue weighted by atomic mass is 10.2. The summed E-state index contributed by atoms with van der Waals surface area (Å²) in [5, 5.41) is 10.5. The molecule has 0 aliphatic carbocycles. The van der Waals surface area contributed by atoms with Crippen LogP contribution in [0, 0.1) is 0 Å². The fraction of sp³-hybridized carbons (Fsp3) is 0.0833. The Labute approximate surface area is 111 Å². The third-order valence-electron chi connectivity index (χ3n) is 2.65. The number of hydrogen-bond donors (Lipinski definition) is 3. The van der Waals surface area contributed by atoms with Gasteiger partial charge in [0.2, 0.25) is 5.95 Å². The molecule has 0 unspecified atom stereocenters. The van der Waals surface area contributed by atoms with Crippen LogP contribution >= 0.6 is 0 Å². The third kappa shape index (κ3) is 2.39. The lowest BCUT2D eigenvalue weighted by Gasteiger charge is -2.04. The summed E-state index contributed by atoms with van der Waals surface area (Å²) in [5.74, 6) is 0.239. The third-order valence-corrected chi connectivity index (χ3v) is 2.65. The van der Waals surface area contributed by atoms with Crippen LogP contribution in [0.3, 0.4) is 0 Å². The zero-order chi connectivity index (χ0) is 13.9. The maximum Gasteiger partial charge on any atom is 0.327 e. The van der Waals surface area contributed by atoms with E-state index in [9.17, 15) is 9.59 Å². The van der Waals surface area contributed by atoms with Gasteiger partial charge in [0.15, 0.2) is 11.2 Å². The number of hydrogen-bond acceptors (Lipinski definition) is 6.